The molecule has 132 valence electrons. The van der Waals surface area contributed by atoms with Gasteiger partial charge in [-0.05, 0) is 30.0 Å². The summed E-state index contributed by atoms with van der Waals surface area (Å²) in [7, 11) is 0. The van der Waals surface area contributed by atoms with Gasteiger partial charge in [-0.1, -0.05) is 26.0 Å². The fourth-order valence-electron chi connectivity index (χ4n) is 2.62. The van der Waals surface area contributed by atoms with E-state index in [1.807, 2.05) is 13.8 Å². The number of alkyl halides is 3. The highest BCUT2D eigenvalue weighted by molar-refractivity contribution is 5.76. The molecule has 0 aliphatic carbocycles. The van der Waals surface area contributed by atoms with Crippen LogP contribution in [0.15, 0.2) is 29.1 Å². The molecule has 0 spiro atoms. The molecule has 0 saturated heterocycles. The van der Waals surface area contributed by atoms with Crippen molar-refractivity contribution in [3.8, 4) is 0 Å². The molecule has 0 atom stereocenters. The fourth-order valence-corrected chi connectivity index (χ4v) is 2.62. The van der Waals surface area contributed by atoms with E-state index in [0.717, 1.165) is 23.4 Å². The van der Waals surface area contributed by atoms with E-state index in [2.05, 4.69) is 20.2 Å². The van der Waals surface area contributed by atoms with Crippen molar-refractivity contribution in [2.45, 2.75) is 38.8 Å². The minimum atomic E-state index is -4.34. The molecule has 0 amide bonds. The number of aromatic nitrogens is 4. The van der Waals surface area contributed by atoms with Crippen molar-refractivity contribution < 1.29 is 13.2 Å². The number of halogens is 3. The predicted octanol–water partition coefficient (Wildman–Crippen LogP) is 3.57. The first-order valence-corrected chi connectivity index (χ1v) is 7.89. The molecule has 0 fully saturated rings. The van der Waals surface area contributed by atoms with Crippen molar-refractivity contribution >= 4 is 11.0 Å². The lowest BCUT2D eigenvalue weighted by Gasteiger charge is -2.07. The van der Waals surface area contributed by atoms with Crippen LogP contribution >= 0.6 is 0 Å². The van der Waals surface area contributed by atoms with Crippen LogP contribution in [0.5, 0.6) is 0 Å². The Morgan fingerprint density at radius 2 is 1.76 bits per heavy atom. The third-order valence-electron chi connectivity index (χ3n) is 4.00. The van der Waals surface area contributed by atoms with Gasteiger partial charge in [-0.25, -0.2) is 4.98 Å². The van der Waals surface area contributed by atoms with Gasteiger partial charge < -0.3 is 4.98 Å². The van der Waals surface area contributed by atoms with Crippen LogP contribution in [0.25, 0.3) is 11.0 Å². The van der Waals surface area contributed by atoms with Crippen LogP contribution < -0.4 is 5.56 Å². The lowest BCUT2D eigenvalue weighted by atomic mass is 10.1. The maximum atomic E-state index is 12.6. The van der Waals surface area contributed by atoms with E-state index < -0.39 is 11.7 Å². The van der Waals surface area contributed by atoms with Crippen molar-refractivity contribution in [1.82, 2.24) is 20.2 Å². The van der Waals surface area contributed by atoms with E-state index in [0.29, 0.717) is 24.2 Å². The topological polar surface area (TPSA) is 74.4 Å². The number of aryl methyl sites for hydroxylation is 2. The molecule has 0 saturated carbocycles. The average Bonchev–Trinajstić information content (AvgIpc) is 2.97. The summed E-state index contributed by atoms with van der Waals surface area (Å²) >= 11 is 0. The summed E-state index contributed by atoms with van der Waals surface area (Å²) in [4.78, 5) is 19.2. The lowest BCUT2D eigenvalue weighted by molar-refractivity contribution is -0.137. The van der Waals surface area contributed by atoms with Crippen LogP contribution in [0.4, 0.5) is 13.2 Å². The summed E-state index contributed by atoms with van der Waals surface area (Å²) in [5, 5.41) is 6.83. The number of aromatic amines is 2. The van der Waals surface area contributed by atoms with E-state index in [4.69, 9.17) is 0 Å². The summed E-state index contributed by atoms with van der Waals surface area (Å²) < 4.78 is 37.7. The van der Waals surface area contributed by atoms with Crippen molar-refractivity contribution in [2.75, 3.05) is 0 Å². The fraction of sp³-hybridized carbons (Fsp3) is 0.353. The molecule has 2 heterocycles. The first-order valence-electron chi connectivity index (χ1n) is 7.89. The van der Waals surface area contributed by atoms with E-state index in [9.17, 15) is 18.0 Å². The number of H-pyrrole nitrogens is 2. The van der Waals surface area contributed by atoms with Crippen molar-refractivity contribution in [2.24, 2.45) is 0 Å². The molecule has 3 aromatic rings. The zero-order chi connectivity index (χ0) is 18.2. The highest BCUT2D eigenvalue weighted by Crippen LogP contribution is 2.29. The molecular formula is C17H17F3N4O. The Bertz CT molecular complexity index is 939. The Morgan fingerprint density at radius 1 is 1.08 bits per heavy atom. The molecule has 0 unspecified atom stereocenters. The number of hydrogen-bond acceptors (Lipinski definition) is 3. The minimum absolute atomic E-state index is 0.141. The molecule has 3 rings (SSSR count). The zero-order valence-corrected chi connectivity index (χ0v) is 13.7. The summed E-state index contributed by atoms with van der Waals surface area (Å²) in [5.41, 5.74) is 1.34. The van der Waals surface area contributed by atoms with Gasteiger partial charge in [0, 0.05) is 6.42 Å². The smallest absolute Gasteiger partial charge is 0.309 e. The van der Waals surface area contributed by atoms with Gasteiger partial charge in [0.1, 0.15) is 11.3 Å². The maximum absolute atomic E-state index is 12.6. The third-order valence-corrected chi connectivity index (χ3v) is 4.00. The van der Waals surface area contributed by atoms with Gasteiger partial charge in [0.25, 0.3) is 5.56 Å². The van der Waals surface area contributed by atoms with Crippen LogP contribution in [-0.2, 0) is 19.0 Å². The first kappa shape index (κ1) is 17.2. The van der Waals surface area contributed by atoms with Gasteiger partial charge >= 0.3 is 6.18 Å². The molecule has 25 heavy (non-hydrogen) atoms. The second-order valence-corrected chi connectivity index (χ2v) is 6.20. The van der Waals surface area contributed by atoms with Crippen LogP contribution in [0.2, 0.25) is 0 Å². The van der Waals surface area contributed by atoms with Crippen molar-refractivity contribution in [1.29, 1.82) is 0 Å². The number of nitrogens with one attached hydrogen (secondary N) is 2. The molecule has 2 aromatic heterocycles. The second kappa shape index (κ2) is 6.34. The highest BCUT2D eigenvalue weighted by atomic mass is 19.4. The molecule has 5 nitrogen and oxygen atoms in total. The second-order valence-electron chi connectivity index (χ2n) is 6.20. The molecule has 0 radical (unpaired) electrons. The Labute approximate surface area is 141 Å². The molecular weight excluding hydrogens is 333 g/mol. The number of benzene rings is 1. The summed E-state index contributed by atoms with van der Waals surface area (Å²) in [6, 6.07) is 5.00. The molecule has 0 aliphatic rings. The summed E-state index contributed by atoms with van der Waals surface area (Å²) in [6.45, 7) is 3.94. The number of nitrogens with zero attached hydrogens (tertiary/aromatic N) is 2. The van der Waals surface area contributed by atoms with E-state index >= 15 is 0 Å². The van der Waals surface area contributed by atoms with Crippen LogP contribution in [-0.4, -0.2) is 20.2 Å². The molecule has 0 aliphatic heterocycles. The Hall–Kier alpha value is -2.64. The van der Waals surface area contributed by atoms with Gasteiger partial charge in [0.05, 0.1) is 11.3 Å². The SMILES string of the molecule is CC(C)c1[nH]nc2c(=O)[nH]c(CCc3ccc(C(F)(F)F)cc3)nc12. The number of rotatable bonds is 4. The summed E-state index contributed by atoms with van der Waals surface area (Å²) in [5.74, 6) is 0.628. The Kier molecular flexibility index (Phi) is 4.36. The largest absolute Gasteiger partial charge is 0.416 e. The van der Waals surface area contributed by atoms with E-state index in [1.165, 1.54) is 12.1 Å². The van der Waals surface area contributed by atoms with E-state index in [-0.39, 0.29) is 17.0 Å². The molecule has 2 N–H and O–H groups in total. The standard InChI is InChI=1S/C17H17F3N4O/c1-9(2)13-14-15(24-23-13)16(25)22-12(21-14)8-5-10-3-6-11(7-4-10)17(18,19)20/h3-4,6-7,9H,5,8H2,1-2H3,(H,23,24)(H,21,22,25). The minimum Gasteiger partial charge on any atom is -0.309 e. The predicted molar refractivity (Wildman–Crippen MR) is 87.5 cm³/mol. The van der Waals surface area contributed by atoms with Gasteiger partial charge in [-0.3, -0.25) is 9.89 Å². The highest BCUT2D eigenvalue weighted by Gasteiger charge is 2.29. The van der Waals surface area contributed by atoms with Gasteiger partial charge in [0.2, 0.25) is 0 Å². The number of hydrogen-bond donors (Lipinski definition) is 2. The maximum Gasteiger partial charge on any atom is 0.416 e. The van der Waals surface area contributed by atoms with Crippen LogP contribution in [0.3, 0.4) is 0 Å². The van der Waals surface area contributed by atoms with Crippen LogP contribution in [0.1, 0.15) is 42.4 Å². The average molecular weight is 350 g/mol. The van der Waals surface area contributed by atoms with Gasteiger partial charge in [0.15, 0.2) is 5.52 Å². The first-order chi connectivity index (χ1) is 11.8. The van der Waals surface area contributed by atoms with Crippen molar-refractivity contribution in [3.63, 3.8) is 0 Å². The van der Waals surface area contributed by atoms with Crippen LogP contribution in [0, 0.1) is 0 Å². The molecule has 1 aromatic carbocycles. The summed E-state index contributed by atoms with van der Waals surface area (Å²) in [6.07, 6.45) is -3.45. The number of fused-ring (bicyclic) bond motifs is 1. The van der Waals surface area contributed by atoms with Crippen molar-refractivity contribution in [3.05, 3.63) is 57.3 Å². The Balaban J connectivity index is 1.81. The lowest BCUT2D eigenvalue weighted by Crippen LogP contribution is -2.13. The third kappa shape index (κ3) is 3.57. The monoisotopic (exact) mass is 350 g/mol. The van der Waals surface area contributed by atoms with E-state index in [1.54, 1.807) is 0 Å². The Morgan fingerprint density at radius 3 is 2.36 bits per heavy atom. The van der Waals surface area contributed by atoms with Gasteiger partial charge in [-0.15, -0.1) is 0 Å². The van der Waals surface area contributed by atoms with Gasteiger partial charge in [-0.2, -0.15) is 18.3 Å². The molecule has 8 heteroatoms. The molecule has 0 bridgehead atoms. The quantitative estimate of drug-likeness (QED) is 0.755. The zero-order valence-electron chi connectivity index (χ0n) is 13.7. The normalized spacial score (nSPS) is 12.2.